The Balaban J connectivity index is 1.55. The van der Waals surface area contributed by atoms with Crippen molar-refractivity contribution in [1.82, 2.24) is 19.9 Å². The SMILES string of the molecule is c1cnc2cc(-c3c[nH]c4nc(CC5CCC5)ccc34)ccc2n1. The van der Waals surface area contributed by atoms with Crippen LogP contribution in [0.25, 0.3) is 33.2 Å². The molecule has 4 aromatic rings. The molecule has 0 atom stereocenters. The summed E-state index contributed by atoms with van der Waals surface area (Å²) in [7, 11) is 0. The van der Waals surface area contributed by atoms with Crippen LogP contribution in [0, 0.1) is 5.92 Å². The maximum atomic E-state index is 4.82. The van der Waals surface area contributed by atoms with Gasteiger partial charge in [-0.3, -0.25) is 9.97 Å². The molecule has 4 nitrogen and oxygen atoms in total. The number of rotatable bonds is 3. The fourth-order valence-corrected chi connectivity index (χ4v) is 3.52. The van der Waals surface area contributed by atoms with E-state index in [1.165, 1.54) is 30.5 Å². The lowest BCUT2D eigenvalue weighted by Gasteiger charge is -2.24. The van der Waals surface area contributed by atoms with Crippen LogP contribution < -0.4 is 0 Å². The Kier molecular flexibility index (Phi) is 3.08. The molecule has 4 heteroatoms. The molecule has 24 heavy (non-hydrogen) atoms. The summed E-state index contributed by atoms with van der Waals surface area (Å²) >= 11 is 0. The number of H-pyrrole nitrogens is 1. The minimum Gasteiger partial charge on any atom is -0.346 e. The highest BCUT2D eigenvalue weighted by Crippen LogP contribution is 2.32. The molecule has 0 radical (unpaired) electrons. The Morgan fingerprint density at radius 1 is 1.00 bits per heavy atom. The predicted molar refractivity (Wildman–Crippen MR) is 95.7 cm³/mol. The highest BCUT2D eigenvalue weighted by Gasteiger charge is 2.18. The van der Waals surface area contributed by atoms with Gasteiger partial charge in [-0.1, -0.05) is 25.3 Å². The van der Waals surface area contributed by atoms with Gasteiger partial charge in [0.15, 0.2) is 0 Å². The van der Waals surface area contributed by atoms with Crippen LogP contribution in [0.4, 0.5) is 0 Å². The van der Waals surface area contributed by atoms with Gasteiger partial charge in [0.05, 0.1) is 11.0 Å². The molecule has 0 bridgehead atoms. The number of aromatic amines is 1. The van der Waals surface area contributed by atoms with Crippen LogP contribution in [0.3, 0.4) is 0 Å². The lowest BCUT2D eigenvalue weighted by molar-refractivity contribution is 0.312. The first-order chi connectivity index (χ1) is 11.9. The summed E-state index contributed by atoms with van der Waals surface area (Å²) in [5.41, 5.74) is 6.31. The number of pyridine rings is 1. The summed E-state index contributed by atoms with van der Waals surface area (Å²) in [4.78, 5) is 16.9. The summed E-state index contributed by atoms with van der Waals surface area (Å²) in [6.45, 7) is 0. The molecule has 1 aliphatic rings. The average Bonchev–Trinajstić information content (AvgIpc) is 3.01. The number of aromatic nitrogens is 4. The molecule has 0 saturated heterocycles. The topological polar surface area (TPSA) is 54.5 Å². The number of fused-ring (bicyclic) bond motifs is 2. The summed E-state index contributed by atoms with van der Waals surface area (Å²) in [5.74, 6) is 0.837. The quantitative estimate of drug-likeness (QED) is 0.605. The molecule has 1 saturated carbocycles. The van der Waals surface area contributed by atoms with E-state index >= 15 is 0 Å². The van der Waals surface area contributed by atoms with Gasteiger partial charge in [0, 0.05) is 35.2 Å². The molecular formula is C20H18N4. The van der Waals surface area contributed by atoms with Gasteiger partial charge in [0.2, 0.25) is 0 Å². The van der Waals surface area contributed by atoms with Crippen molar-refractivity contribution in [3.05, 3.63) is 54.6 Å². The largest absolute Gasteiger partial charge is 0.346 e. The third-order valence-electron chi connectivity index (χ3n) is 5.10. The molecule has 3 aromatic heterocycles. The van der Waals surface area contributed by atoms with Crippen molar-refractivity contribution >= 4 is 22.1 Å². The minimum atomic E-state index is 0.837. The molecule has 5 rings (SSSR count). The highest BCUT2D eigenvalue weighted by molar-refractivity contribution is 5.95. The Bertz CT molecular complexity index is 1030. The zero-order valence-electron chi connectivity index (χ0n) is 13.4. The monoisotopic (exact) mass is 314 g/mol. The lowest BCUT2D eigenvalue weighted by atomic mass is 9.82. The Morgan fingerprint density at radius 2 is 1.88 bits per heavy atom. The fourth-order valence-electron chi connectivity index (χ4n) is 3.52. The van der Waals surface area contributed by atoms with E-state index in [9.17, 15) is 0 Å². The molecule has 3 heterocycles. The van der Waals surface area contributed by atoms with Crippen molar-refractivity contribution in [2.24, 2.45) is 5.92 Å². The van der Waals surface area contributed by atoms with Gasteiger partial charge in [-0.25, -0.2) is 4.98 Å². The lowest BCUT2D eigenvalue weighted by Crippen LogP contribution is -2.14. The van der Waals surface area contributed by atoms with Crippen molar-refractivity contribution in [3.8, 4) is 11.1 Å². The van der Waals surface area contributed by atoms with Crippen LogP contribution in [0.15, 0.2) is 48.9 Å². The molecule has 0 amide bonds. The van der Waals surface area contributed by atoms with Crippen LogP contribution in [0.2, 0.25) is 0 Å². The number of nitrogens with one attached hydrogen (secondary N) is 1. The van der Waals surface area contributed by atoms with E-state index in [-0.39, 0.29) is 0 Å². The molecule has 1 aliphatic carbocycles. The summed E-state index contributed by atoms with van der Waals surface area (Å²) in [6, 6.07) is 10.6. The second-order valence-corrected chi connectivity index (χ2v) is 6.66. The fraction of sp³-hybridized carbons (Fsp3) is 0.250. The van der Waals surface area contributed by atoms with E-state index in [0.717, 1.165) is 40.0 Å². The molecule has 0 unspecified atom stereocenters. The zero-order chi connectivity index (χ0) is 15.9. The number of benzene rings is 1. The van der Waals surface area contributed by atoms with Crippen molar-refractivity contribution in [2.45, 2.75) is 25.7 Å². The number of hydrogen-bond acceptors (Lipinski definition) is 3. The van der Waals surface area contributed by atoms with Gasteiger partial charge < -0.3 is 4.98 Å². The molecule has 118 valence electrons. The Morgan fingerprint density at radius 3 is 2.71 bits per heavy atom. The third kappa shape index (κ3) is 2.26. The maximum absolute atomic E-state index is 4.82. The van der Waals surface area contributed by atoms with Gasteiger partial charge in [0.1, 0.15) is 5.65 Å². The van der Waals surface area contributed by atoms with E-state index in [2.05, 4.69) is 39.2 Å². The first kappa shape index (κ1) is 13.7. The highest BCUT2D eigenvalue weighted by atomic mass is 14.9. The predicted octanol–water partition coefficient (Wildman–Crippen LogP) is 4.52. The minimum absolute atomic E-state index is 0.837. The molecule has 0 aliphatic heterocycles. The third-order valence-corrected chi connectivity index (χ3v) is 5.10. The standard InChI is InChI=1S/C20H18N4/c1-2-13(3-1)10-15-5-6-16-17(12-23-20(16)24-15)14-4-7-18-19(11-14)22-9-8-21-18/h4-9,11-13H,1-3,10H2,(H,23,24). The molecule has 1 aromatic carbocycles. The second-order valence-electron chi connectivity index (χ2n) is 6.66. The number of nitrogens with zero attached hydrogens (tertiary/aromatic N) is 3. The van der Waals surface area contributed by atoms with Crippen LogP contribution in [-0.2, 0) is 6.42 Å². The van der Waals surface area contributed by atoms with Gasteiger partial charge in [-0.05, 0) is 42.2 Å². The van der Waals surface area contributed by atoms with Crippen molar-refractivity contribution in [3.63, 3.8) is 0 Å². The normalized spacial score (nSPS) is 15.0. The summed E-state index contributed by atoms with van der Waals surface area (Å²) in [5, 5.41) is 1.16. The summed E-state index contributed by atoms with van der Waals surface area (Å²) in [6.07, 6.45) is 10.7. The van der Waals surface area contributed by atoms with Crippen LogP contribution in [0.1, 0.15) is 25.0 Å². The van der Waals surface area contributed by atoms with Crippen molar-refractivity contribution < 1.29 is 0 Å². The van der Waals surface area contributed by atoms with Crippen LogP contribution in [0.5, 0.6) is 0 Å². The first-order valence-corrected chi connectivity index (χ1v) is 8.55. The number of hydrogen-bond donors (Lipinski definition) is 1. The summed E-state index contributed by atoms with van der Waals surface area (Å²) < 4.78 is 0. The average molecular weight is 314 g/mol. The molecule has 1 N–H and O–H groups in total. The zero-order valence-corrected chi connectivity index (χ0v) is 13.4. The van der Waals surface area contributed by atoms with E-state index in [4.69, 9.17) is 4.98 Å². The van der Waals surface area contributed by atoms with E-state index in [1.807, 2.05) is 12.3 Å². The van der Waals surface area contributed by atoms with Crippen molar-refractivity contribution in [2.75, 3.05) is 0 Å². The van der Waals surface area contributed by atoms with E-state index < -0.39 is 0 Å². The van der Waals surface area contributed by atoms with E-state index in [1.54, 1.807) is 12.4 Å². The first-order valence-electron chi connectivity index (χ1n) is 8.55. The van der Waals surface area contributed by atoms with E-state index in [0.29, 0.717) is 0 Å². The van der Waals surface area contributed by atoms with Gasteiger partial charge >= 0.3 is 0 Å². The smallest absolute Gasteiger partial charge is 0.138 e. The molecule has 1 fully saturated rings. The molecular weight excluding hydrogens is 296 g/mol. The van der Waals surface area contributed by atoms with Gasteiger partial charge in [0.25, 0.3) is 0 Å². The van der Waals surface area contributed by atoms with Gasteiger partial charge in [-0.15, -0.1) is 0 Å². The van der Waals surface area contributed by atoms with Crippen LogP contribution >= 0.6 is 0 Å². The van der Waals surface area contributed by atoms with Crippen LogP contribution in [-0.4, -0.2) is 19.9 Å². The second kappa shape index (κ2) is 5.41. The molecule has 0 spiro atoms. The maximum Gasteiger partial charge on any atom is 0.138 e. The Labute approximate surface area is 140 Å². The Hall–Kier alpha value is -2.75. The van der Waals surface area contributed by atoms with Gasteiger partial charge in [-0.2, -0.15) is 0 Å². The van der Waals surface area contributed by atoms with Crippen molar-refractivity contribution in [1.29, 1.82) is 0 Å².